The summed E-state index contributed by atoms with van der Waals surface area (Å²) in [7, 11) is 4.03. The molecule has 0 aliphatic carbocycles. The van der Waals surface area contributed by atoms with Crippen molar-refractivity contribution >= 4 is 0 Å². The molecule has 2 heterocycles. The lowest BCUT2D eigenvalue weighted by Crippen LogP contribution is -2.26. The first kappa shape index (κ1) is 13.8. The van der Waals surface area contributed by atoms with Crippen LogP contribution in [0.4, 0.5) is 0 Å². The van der Waals surface area contributed by atoms with Crippen molar-refractivity contribution in [2.75, 3.05) is 6.54 Å². The lowest BCUT2D eigenvalue weighted by Gasteiger charge is -2.18. The molecule has 2 aromatic heterocycles. The summed E-state index contributed by atoms with van der Waals surface area (Å²) in [4.78, 5) is 4.47. The van der Waals surface area contributed by atoms with Crippen LogP contribution in [0.3, 0.4) is 0 Å². The van der Waals surface area contributed by atoms with Crippen molar-refractivity contribution in [3.63, 3.8) is 0 Å². The molecule has 0 aliphatic heterocycles. The topological polar surface area (TPSA) is 47.7 Å². The Bertz CT molecular complexity index is 552. The van der Waals surface area contributed by atoms with E-state index in [1.807, 2.05) is 31.2 Å². The van der Waals surface area contributed by atoms with E-state index in [0.717, 1.165) is 24.5 Å². The largest absolute Gasteiger partial charge is 0.337 e. The summed E-state index contributed by atoms with van der Waals surface area (Å²) in [5.74, 6) is 1.07. The van der Waals surface area contributed by atoms with E-state index < -0.39 is 0 Å². The van der Waals surface area contributed by atoms with Crippen molar-refractivity contribution in [2.24, 2.45) is 14.1 Å². The fourth-order valence-electron chi connectivity index (χ4n) is 2.53. The van der Waals surface area contributed by atoms with Gasteiger partial charge in [-0.25, -0.2) is 4.98 Å². The average molecular weight is 261 g/mol. The number of nitrogens with one attached hydrogen (secondary N) is 1. The first-order chi connectivity index (χ1) is 9.04. The molecule has 0 aliphatic rings. The van der Waals surface area contributed by atoms with E-state index >= 15 is 0 Å². The van der Waals surface area contributed by atoms with Crippen LogP contribution in [0.1, 0.15) is 35.7 Å². The van der Waals surface area contributed by atoms with Crippen LogP contribution < -0.4 is 5.32 Å². The Morgan fingerprint density at radius 1 is 1.32 bits per heavy atom. The zero-order chi connectivity index (χ0) is 14.0. The van der Waals surface area contributed by atoms with Gasteiger partial charge < -0.3 is 9.88 Å². The molecule has 5 heteroatoms. The summed E-state index contributed by atoms with van der Waals surface area (Å²) in [6.07, 6.45) is 4.76. The van der Waals surface area contributed by atoms with Gasteiger partial charge in [0.25, 0.3) is 0 Å². The zero-order valence-corrected chi connectivity index (χ0v) is 12.4. The monoisotopic (exact) mass is 261 g/mol. The van der Waals surface area contributed by atoms with Crippen LogP contribution in [0.15, 0.2) is 12.4 Å². The summed E-state index contributed by atoms with van der Waals surface area (Å²) >= 11 is 0. The molecular weight excluding hydrogens is 238 g/mol. The summed E-state index contributed by atoms with van der Waals surface area (Å²) in [5, 5.41) is 8.01. The Kier molecular flexibility index (Phi) is 4.04. The van der Waals surface area contributed by atoms with Crippen molar-refractivity contribution in [1.29, 1.82) is 0 Å². The number of nitrogens with zero attached hydrogens (tertiary/aromatic N) is 4. The van der Waals surface area contributed by atoms with Gasteiger partial charge in [0.1, 0.15) is 5.82 Å². The summed E-state index contributed by atoms with van der Waals surface area (Å²) in [5.41, 5.74) is 3.66. The van der Waals surface area contributed by atoms with E-state index in [0.29, 0.717) is 0 Å². The molecule has 0 fully saturated rings. The first-order valence-corrected chi connectivity index (χ1v) is 6.74. The van der Waals surface area contributed by atoms with Gasteiger partial charge in [-0.1, -0.05) is 6.92 Å². The maximum atomic E-state index is 4.49. The second kappa shape index (κ2) is 5.57. The molecule has 0 saturated heterocycles. The molecule has 1 N–H and O–H groups in total. The number of imidazole rings is 1. The molecule has 2 aromatic rings. The molecule has 1 atom stereocenters. The second-order valence-electron chi connectivity index (χ2n) is 4.98. The molecule has 19 heavy (non-hydrogen) atoms. The molecule has 0 radical (unpaired) electrons. The quantitative estimate of drug-likeness (QED) is 0.890. The minimum absolute atomic E-state index is 0.228. The van der Waals surface area contributed by atoms with Crippen LogP contribution in [0.2, 0.25) is 0 Å². The highest BCUT2D eigenvalue weighted by Crippen LogP contribution is 2.21. The first-order valence-electron chi connectivity index (χ1n) is 6.74. The molecule has 1 unspecified atom stereocenters. The SMILES string of the molecule is CCNC(Cc1c(C)nn(C)c1C)c1nccn1C. The number of hydrogen-bond donors (Lipinski definition) is 1. The van der Waals surface area contributed by atoms with Gasteiger partial charge >= 0.3 is 0 Å². The van der Waals surface area contributed by atoms with Crippen molar-refractivity contribution in [3.8, 4) is 0 Å². The minimum Gasteiger partial charge on any atom is -0.337 e. The Hall–Kier alpha value is -1.62. The Labute approximate surface area is 114 Å². The molecule has 0 amide bonds. The number of hydrogen-bond acceptors (Lipinski definition) is 3. The summed E-state index contributed by atoms with van der Waals surface area (Å²) in [6.45, 7) is 7.25. The average Bonchev–Trinajstić information content (AvgIpc) is 2.88. The summed E-state index contributed by atoms with van der Waals surface area (Å²) in [6, 6.07) is 0.228. The van der Waals surface area contributed by atoms with E-state index in [4.69, 9.17) is 0 Å². The van der Waals surface area contributed by atoms with Gasteiger partial charge in [-0.3, -0.25) is 4.68 Å². The van der Waals surface area contributed by atoms with Crippen molar-refractivity contribution < 1.29 is 0 Å². The number of aryl methyl sites for hydroxylation is 3. The van der Waals surface area contributed by atoms with Crippen LogP contribution in [-0.4, -0.2) is 25.9 Å². The third-order valence-electron chi connectivity index (χ3n) is 3.69. The smallest absolute Gasteiger partial charge is 0.125 e. The van der Waals surface area contributed by atoms with Crippen LogP contribution in [-0.2, 0) is 20.5 Å². The van der Waals surface area contributed by atoms with Gasteiger partial charge in [-0.15, -0.1) is 0 Å². The van der Waals surface area contributed by atoms with Crippen LogP contribution in [0, 0.1) is 13.8 Å². The zero-order valence-electron chi connectivity index (χ0n) is 12.4. The molecule has 0 saturated carbocycles. The Morgan fingerprint density at radius 2 is 2.05 bits per heavy atom. The lowest BCUT2D eigenvalue weighted by molar-refractivity contribution is 0.504. The van der Waals surface area contributed by atoms with E-state index in [2.05, 4.69) is 40.7 Å². The highest BCUT2D eigenvalue weighted by Gasteiger charge is 2.19. The van der Waals surface area contributed by atoms with Gasteiger partial charge in [0, 0.05) is 32.2 Å². The van der Waals surface area contributed by atoms with E-state index in [1.54, 1.807) is 0 Å². The van der Waals surface area contributed by atoms with Crippen molar-refractivity contribution in [3.05, 3.63) is 35.2 Å². The van der Waals surface area contributed by atoms with Crippen LogP contribution in [0.25, 0.3) is 0 Å². The molecular formula is C14H23N5. The van der Waals surface area contributed by atoms with Crippen LogP contribution >= 0.6 is 0 Å². The van der Waals surface area contributed by atoms with E-state index in [-0.39, 0.29) is 6.04 Å². The minimum atomic E-state index is 0.228. The fraction of sp³-hybridized carbons (Fsp3) is 0.571. The highest BCUT2D eigenvalue weighted by atomic mass is 15.3. The van der Waals surface area contributed by atoms with Gasteiger partial charge in [0.2, 0.25) is 0 Å². The molecule has 0 spiro atoms. The van der Waals surface area contributed by atoms with Gasteiger partial charge in [-0.05, 0) is 32.4 Å². The maximum Gasteiger partial charge on any atom is 0.125 e. The third-order valence-corrected chi connectivity index (χ3v) is 3.69. The van der Waals surface area contributed by atoms with Crippen molar-refractivity contribution in [2.45, 2.75) is 33.2 Å². The molecule has 0 bridgehead atoms. The third kappa shape index (κ3) is 2.71. The predicted octanol–water partition coefficient (Wildman–Crippen LogP) is 1.66. The maximum absolute atomic E-state index is 4.49. The predicted molar refractivity (Wildman–Crippen MR) is 76.0 cm³/mol. The highest BCUT2D eigenvalue weighted by molar-refractivity contribution is 5.26. The van der Waals surface area contributed by atoms with Gasteiger partial charge in [-0.2, -0.15) is 5.10 Å². The van der Waals surface area contributed by atoms with Crippen LogP contribution in [0.5, 0.6) is 0 Å². The Balaban J connectivity index is 2.29. The standard InChI is InChI=1S/C14H23N5/c1-6-15-13(14-16-7-8-18(14)4)9-12-10(2)17-19(5)11(12)3/h7-8,13,15H,6,9H2,1-5H3. The van der Waals surface area contributed by atoms with E-state index in [1.165, 1.54) is 11.3 Å². The van der Waals surface area contributed by atoms with Crippen molar-refractivity contribution in [1.82, 2.24) is 24.6 Å². The molecule has 5 nitrogen and oxygen atoms in total. The summed E-state index contributed by atoms with van der Waals surface area (Å²) < 4.78 is 4.03. The molecule has 0 aromatic carbocycles. The fourth-order valence-corrected chi connectivity index (χ4v) is 2.53. The number of rotatable bonds is 5. The normalized spacial score (nSPS) is 12.9. The number of aromatic nitrogens is 4. The number of likely N-dealkylation sites (N-methyl/N-ethyl adjacent to an activating group) is 1. The molecule has 104 valence electrons. The van der Waals surface area contributed by atoms with Gasteiger partial charge in [0.05, 0.1) is 11.7 Å². The Morgan fingerprint density at radius 3 is 2.53 bits per heavy atom. The van der Waals surface area contributed by atoms with Gasteiger partial charge in [0.15, 0.2) is 0 Å². The van der Waals surface area contributed by atoms with E-state index in [9.17, 15) is 0 Å². The molecule has 2 rings (SSSR count). The lowest BCUT2D eigenvalue weighted by atomic mass is 10.0. The second-order valence-corrected chi connectivity index (χ2v) is 4.98.